The first kappa shape index (κ1) is 28.1. The van der Waals surface area contributed by atoms with Crippen LogP contribution in [0, 0.1) is 5.41 Å². The molecule has 13 heteroatoms. The van der Waals surface area contributed by atoms with Crippen LogP contribution < -0.4 is 31.6 Å². The number of guanidine groups is 1. The number of likely N-dealkylation sites (tertiary alicyclic amines) is 1. The molecule has 13 nitrogen and oxygen atoms in total. The number of benzene rings is 1. The zero-order valence-electron chi connectivity index (χ0n) is 23.0. The van der Waals surface area contributed by atoms with Crippen LogP contribution in [0.5, 0.6) is 11.5 Å². The average Bonchev–Trinajstić information content (AvgIpc) is 3.27. The Morgan fingerprint density at radius 3 is 2.85 bits per heavy atom. The Morgan fingerprint density at radius 2 is 2.10 bits per heavy atom. The number of Topliss-reactive ketones (excluding diaryl/α,β-unsaturated/α-hetero) is 1. The van der Waals surface area contributed by atoms with Crippen LogP contribution in [0.4, 0.5) is 4.79 Å². The molecule has 4 aliphatic rings. The summed E-state index contributed by atoms with van der Waals surface area (Å²) in [6.45, 7) is 1.55. The lowest BCUT2D eigenvalue weighted by molar-refractivity contribution is -0.185. The summed E-state index contributed by atoms with van der Waals surface area (Å²) in [5.41, 5.74) is 11.1. The number of amides is 2. The Morgan fingerprint density at radius 1 is 1.32 bits per heavy atom. The van der Waals surface area contributed by atoms with Gasteiger partial charge in [-0.15, -0.1) is 0 Å². The molecule has 5 atom stereocenters. The molecule has 0 radical (unpaired) electrons. The number of rotatable bonds is 9. The van der Waals surface area contributed by atoms with Crippen molar-refractivity contribution in [3.63, 3.8) is 0 Å². The Bertz CT molecular complexity index is 1230. The highest BCUT2D eigenvalue weighted by atomic mass is 16.6. The Balaban J connectivity index is 1.22. The summed E-state index contributed by atoms with van der Waals surface area (Å²) in [7, 11) is 3.62. The minimum Gasteiger partial charge on any atom is -0.477 e. The highest BCUT2D eigenvalue weighted by molar-refractivity contribution is 5.90. The number of carbonyl (C=O) groups excluding carboxylic acids is 3. The first-order valence-electron chi connectivity index (χ1n) is 13.8. The number of nitrogens with zero attached hydrogens (tertiary/aromatic N) is 2. The molecule has 2 aliphatic heterocycles. The fourth-order valence-electron chi connectivity index (χ4n) is 7.13. The van der Waals surface area contributed by atoms with Gasteiger partial charge in [0.2, 0.25) is 5.91 Å². The molecule has 2 heterocycles. The Hall–Kier alpha value is -3.42. The molecule has 2 bridgehead atoms. The fraction of sp³-hybridized carbons (Fsp3) is 0.630. The van der Waals surface area contributed by atoms with Crippen LogP contribution in [0.2, 0.25) is 0 Å². The van der Waals surface area contributed by atoms with Crippen LogP contribution in [0.3, 0.4) is 0 Å². The SMILES string of the molecule is CN(CCNC(=O)Oc1ccc2c3c1O[C@H]1C(=O)CC[C@@]4(O)[C@@H](C2)N(C)CC[C@]314)C(=O)[C@@H](N)CCCNC(=N)N. The third kappa shape index (κ3) is 4.45. The summed E-state index contributed by atoms with van der Waals surface area (Å²) < 4.78 is 11.9. The van der Waals surface area contributed by atoms with E-state index in [1.54, 1.807) is 13.1 Å². The second-order valence-corrected chi connectivity index (χ2v) is 11.4. The summed E-state index contributed by atoms with van der Waals surface area (Å²) in [5, 5.41) is 24.5. The maximum Gasteiger partial charge on any atom is 0.412 e. The van der Waals surface area contributed by atoms with E-state index in [2.05, 4.69) is 15.5 Å². The fourth-order valence-corrected chi connectivity index (χ4v) is 7.13. The number of aliphatic hydroxyl groups is 1. The standard InChI is InChI=1S/C27H39N7O6/c1-33-12-9-26-20-15-5-6-18(21(20)40-22(26)17(35)7-8-27(26,38)19(33)14-15)39-25(37)32-11-13-34(2)23(36)16(28)4-3-10-31-24(29)30/h5-6,16,19,22,38H,3-4,7-14,28H2,1-2H3,(H,32,37)(H4,29,30,31)/t16-,19+,22-,26-,27+/m0/s1. The van der Waals surface area contributed by atoms with E-state index in [-0.39, 0.29) is 49.0 Å². The van der Waals surface area contributed by atoms with Crippen LogP contribution in [0.15, 0.2) is 12.1 Å². The van der Waals surface area contributed by atoms with E-state index in [0.29, 0.717) is 44.4 Å². The predicted octanol–water partition coefficient (Wildman–Crippen LogP) is -0.823. The second kappa shape index (κ2) is 10.5. The van der Waals surface area contributed by atoms with Gasteiger partial charge in [0.25, 0.3) is 0 Å². The number of carbonyl (C=O) groups is 3. The van der Waals surface area contributed by atoms with E-state index < -0.39 is 29.3 Å². The summed E-state index contributed by atoms with van der Waals surface area (Å²) in [5.74, 6) is 0.150. The van der Waals surface area contributed by atoms with Gasteiger partial charge >= 0.3 is 6.09 Å². The van der Waals surface area contributed by atoms with Crippen LogP contribution in [0.1, 0.15) is 43.2 Å². The van der Waals surface area contributed by atoms with E-state index in [1.807, 2.05) is 13.1 Å². The number of ether oxygens (including phenoxy) is 2. The first-order chi connectivity index (χ1) is 19.0. The van der Waals surface area contributed by atoms with Crippen LogP contribution >= 0.6 is 0 Å². The topological polar surface area (TPSA) is 196 Å². The number of hydrogen-bond acceptors (Lipinski definition) is 9. The molecule has 1 aromatic carbocycles. The normalized spacial score (nSPS) is 28.6. The number of likely N-dealkylation sites (N-methyl/N-ethyl adjacent to an activating group) is 2. The largest absolute Gasteiger partial charge is 0.477 e. The van der Waals surface area contributed by atoms with Crippen LogP contribution in [-0.4, -0.2) is 103 Å². The summed E-state index contributed by atoms with van der Waals surface area (Å²) in [4.78, 5) is 41.9. The number of nitrogens with one attached hydrogen (secondary N) is 3. The number of nitrogens with two attached hydrogens (primary N) is 2. The lowest BCUT2D eigenvalue weighted by Crippen LogP contribution is -2.76. The van der Waals surface area contributed by atoms with Gasteiger partial charge in [0.15, 0.2) is 29.3 Å². The van der Waals surface area contributed by atoms with E-state index in [0.717, 1.165) is 17.7 Å². The molecule has 2 fully saturated rings. The minimum atomic E-state index is -1.10. The van der Waals surface area contributed by atoms with Gasteiger partial charge in [-0.05, 0) is 57.3 Å². The lowest BCUT2D eigenvalue weighted by Gasteiger charge is -2.61. The first-order valence-corrected chi connectivity index (χ1v) is 13.8. The maximum absolute atomic E-state index is 13.1. The molecule has 0 unspecified atom stereocenters. The van der Waals surface area contributed by atoms with Gasteiger partial charge in [0.1, 0.15) is 0 Å². The van der Waals surface area contributed by atoms with Crippen molar-refractivity contribution >= 4 is 23.7 Å². The zero-order valence-corrected chi connectivity index (χ0v) is 23.0. The quantitative estimate of drug-likeness (QED) is 0.127. The van der Waals surface area contributed by atoms with Crippen molar-refractivity contribution < 1.29 is 29.0 Å². The van der Waals surface area contributed by atoms with Gasteiger partial charge in [-0.2, -0.15) is 0 Å². The summed E-state index contributed by atoms with van der Waals surface area (Å²) in [6.07, 6.45) is 1.34. The molecule has 1 aromatic rings. The van der Waals surface area contributed by atoms with Gasteiger partial charge in [-0.25, -0.2) is 4.79 Å². The van der Waals surface area contributed by atoms with Crippen molar-refractivity contribution in [2.75, 3.05) is 40.3 Å². The van der Waals surface area contributed by atoms with Gasteiger partial charge < -0.3 is 46.5 Å². The molecular formula is C27H39N7O6. The molecule has 8 N–H and O–H groups in total. The van der Waals surface area contributed by atoms with E-state index >= 15 is 0 Å². The number of ketones is 1. The van der Waals surface area contributed by atoms with Crippen molar-refractivity contribution in [2.24, 2.45) is 11.5 Å². The van der Waals surface area contributed by atoms with Crippen LogP contribution in [-0.2, 0) is 21.4 Å². The van der Waals surface area contributed by atoms with E-state index in [9.17, 15) is 19.5 Å². The van der Waals surface area contributed by atoms with Crippen molar-refractivity contribution in [1.82, 2.24) is 20.4 Å². The zero-order chi connectivity index (χ0) is 28.8. The minimum absolute atomic E-state index is 0.0338. The van der Waals surface area contributed by atoms with Gasteiger partial charge in [0.05, 0.1) is 17.1 Å². The molecule has 0 aromatic heterocycles. The van der Waals surface area contributed by atoms with Crippen molar-refractivity contribution in [1.29, 1.82) is 5.41 Å². The molecule has 5 rings (SSSR count). The third-order valence-corrected chi connectivity index (χ3v) is 9.13. The molecule has 1 saturated carbocycles. The van der Waals surface area contributed by atoms with Gasteiger partial charge in [-0.1, -0.05) is 6.07 Å². The lowest BCUT2D eigenvalue weighted by atomic mass is 9.49. The molecule has 2 aliphatic carbocycles. The molecule has 1 spiro atoms. The highest BCUT2D eigenvalue weighted by Gasteiger charge is 2.72. The third-order valence-electron chi connectivity index (χ3n) is 9.13. The Labute approximate surface area is 233 Å². The van der Waals surface area contributed by atoms with E-state index in [1.165, 1.54) is 4.90 Å². The molecule has 1 saturated heterocycles. The predicted molar refractivity (Wildman–Crippen MR) is 145 cm³/mol. The molecular weight excluding hydrogens is 518 g/mol. The number of hydrogen-bond donors (Lipinski definition) is 6. The van der Waals surface area contributed by atoms with Crippen molar-refractivity contribution in [3.8, 4) is 11.5 Å². The maximum atomic E-state index is 13.1. The summed E-state index contributed by atoms with van der Waals surface area (Å²) >= 11 is 0. The molecule has 40 heavy (non-hydrogen) atoms. The van der Waals surface area contributed by atoms with E-state index in [4.69, 9.17) is 26.4 Å². The monoisotopic (exact) mass is 557 g/mol. The highest BCUT2D eigenvalue weighted by Crippen LogP contribution is 2.64. The number of piperidine rings is 1. The average molecular weight is 558 g/mol. The Kier molecular flexibility index (Phi) is 7.40. The summed E-state index contributed by atoms with van der Waals surface area (Å²) in [6, 6.07) is 2.77. The van der Waals surface area contributed by atoms with Crippen molar-refractivity contribution in [2.45, 2.75) is 67.7 Å². The van der Waals surface area contributed by atoms with Crippen LogP contribution in [0.25, 0.3) is 0 Å². The molecule has 2 amide bonds. The smallest absolute Gasteiger partial charge is 0.412 e. The van der Waals surface area contributed by atoms with Gasteiger partial charge in [-0.3, -0.25) is 15.0 Å². The van der Waals surface area contributed by atoms with Gasteiger partial charge in [0, 0.05) is 44.7 Å². The second-order valence-electron chi connectivity index (χ2n) is 11.4. The van der Waals surface area contributed by atoms with Crippen molar-refractivity contribution in [3.05, 3.63) is 23.3 Å². The molecule has 218 valence electrons.